The highest BCUT2D eigenvalue weighted by Crippen LogP contribution is 2.34. The maximum atomic E-state index is 12.2. The molecule has 0 saturated carbocycles. The molecule has 4 heteroatoms. The first kappa shape index (κ1) is 14.8. The van der Waals surface area contributed by atoms with Gasteiger partial charge in [0, 0.05) is 12.0 Å². The second-order valence-electron chi connectivity index (χ2n) is 6.07. The van der Waals surface area contributed by atoms with E-state index in [1.807, 2.05) is 24.6 Å². The van der Waals surface area contributed by atoms with Gasteiger partial charge in [0.2, 0.25) is 5.91 Å². The summed E-state index contributed by atoms with van der Waals surface area (Å²) in [6, 6.07) is 10.7. The lowest BCUT2D eigenvalue weighted by Gasteiger charge is -2.27. The van der Waals surface area contributed by atoms with E-state index < -0.39 is 0 Å². The van der Waals surface area contributed by atoms with Crippen molar-refractivity contribution in [2.45, 2.75) is 45.6 Å². The van der Waals surface area contributed by atoms with Crippen LogP contribution in [-0.4, -0.2) is 15.7 Å². The van der Waals surface area contributed by atoms with Gasteiger partial charge in [-0.05, 0) is 36.8 Å². The molecular weight excluding hydrogens is 274 g/mol. The fourth-order valence-corrected chi connectivity index (χ4v) is 3.08. The third kappa shape index (κ3) is 2.78. The number of hydrogen-bond donors (Lipinski definition) is 1. The minimum Gasteiger partial charge on any atom is -0.311 e. The molecule has 2 aromatic rings. The topological polar surface area (TPSA) is 46.9 Å². The van der Waals surface area contributed by atoms with Crippen LogP contribution in [0.15, 0.2) is 36.5 Å². The lowest BCUT2D eigenvalue weighted by molar-refractivity contribution is -0.119. The number of carbonyl (C=O) groups is 1. The zero-order valence-corrected chi connectivity index (χ0v) is 13.2. The summed E-state index contributed by atoms with van der Waals surface area (Å²) < 4.78 is 1.97. The molecule has 0 spiro atoms. The minimum absolute atomic E-state index is 0.0157. The summed E-state index contributed by atoms with van der Waals surface area (Å²) in [4.78, 5) is 12.2. The fourth-order valence-electron chi connectivity index (χ4n) is 3.08. The van der Waals surface area contributed by atoms with Gasteiger partial charge in [-0.3, -0.25) is 4.79 Å². The lowest BCUT2D eigenvalue weighted by Crippen LogP contribution is -2.25. The number of anilines is 1. The maximum Gasteiger partial charge on any atom is 0.228 e. The van der Waals surface area contributed by atoms with Crippen LogP contribution in [0.25, 0.3) is 0 Å². The van der Waals surface area contributed by atoms with Crippen molar-refractivity contribution in [3.63, 3.8) is 0 Å². The van der Waals surface area contributed by atoms with Crippen LogP contribution in [0, 0.1) is 5.92 Å². The van der Waals surface area contributed by atoms with Crippen molar-refractivity contribution in [3.8, 4) is 0 Å². The van der Waals surface area contributed by atoms with E-state index >= 15 is 0 Å². The van der Waals surface area contributed by atoms with Crippen molar-refractivity contribution in [2.75, 3.05) is 5.32 Å². The third-order valence-corrected chi connectivity index (χ3v) is 4.61. The molecule has 1 heterocycles. The van der Waals surface area contributed by atoms with Crippen LogP contribution < -0.4 is 5.32 Å². The molecule has 0 unspecified atom stereocenters. The molecule has 0 bridgehead atoms. The Morgan fingerprint density at radius 1 is 1.41 bits per heavy atom. The highest BCUT2D eigenvalue weighted by Gasteiger charge is 2.24. The Balaban J connectivity index is 1.88. The van der Waals surface area contributed by atoms with Crippen LogP contribution in [0.4, 0.5) is 5.82 Å². The number of aryl methyl sites for hydroxylation is 1. The van der Waals surface area contributed by atoms with Crippen LogP contribution in [-0.2, 0) is 11.2 Å². The van der Waals surface area contributed by atoms with Crippen molar-refractivity contribution in [3.05, 3.63) is 47.7 Å². The fraction of sp³-hybridized carbons (Fsp3) is 0.444. The van der Waals surface area contributed by atoms with Crippen LogP contribution in [0.1, 0.15) is 50.3 Å². The molecule has 2 atom stereocenters. The molecule has 0 radical (unpaired) electrons. The van der Waals surface area contributed by atoms with Crippen molar-refractivity contribution < 1.29 is 4.79 Å². The summed E-state index contributed by atoms with van der Waals surface area (Å²) in [5.74, 6) is 0.877. The molecule has 1 aliphatic carbocycles. The quantitative estimate of drug-likeness (QED) is 0.933. The van der Waals surface area contributed by atoms with Gasteiger partial charge in [-0.1, -0.05) is 38.1 Å². The van der Waals surface area contributed by atoms with E-state index in [4.69, 9.17) is 0 Å². The number of hydrogen-bond acceptors (Lipinski definition) is 2. The van der Waals surface area contributed by atoms with E-state index in [0.717, 1.165) is 31.5 Å². The predicted molar refractivity (Wildman–Crippen MR) is 87.8 cm³/mol. The summed E-state index contributed by atoms with van der Waals surface area (Å²) in [6.07, 6.45) is 5.95. The Kier molecular flexibility index (Phi) is 4.27. The monoisotopic (exact) mass is 297 g/mol. The van der Waals surface area contributed by atoms with E-state index in [1.165, 1.54) is 11.1 Å². The molecule has 1 amide bonds. The third-order valence-electron chi connectivity index (χ3n) is 4.61. The van der Waals surface area contributed by atoms with E-state index in [9.17, 15) is 4.79 Å². The highest BCUT2D eigenvalue weighted by molar-refractivity contribution is 5.91. The molecule has 0 aliphatic heterocycles. The van der Waals surface area contributed by atoms with Crippen LogP contribution >= 0.6 is 0 Å². The number of amides is 1. The summed E-state index contributed by atoms with van der Waals surface area (Å²) in [5, 5.41) is 7.51. The molecular formula is C18H23N3O. The van der Waals surface area contributed by atoms with Gasteiger partial charge in [0.1, 0.15) is 5.82 Å². The Morgan fingerprint density at radius 3 is 3.05 bits per heavy atom. The predicted octanol–water partition coefficient (Wildman–Crippen LogP) is 3.79. The van der Waals surface area contributed by atoms with Crippen LogP contribution in [0.5, 0.6) is 0 Å². The standard InChI is InChI=1S/C18H23N3O/c1-3-13(2)18(22)20-17-11-12-19-21(17)16-10-6-8-14-7-4-5-9-15(14)16/h4-5,7,9,11-13,16H,3,6,8,10H2,1-2H3,(H,20,22)/t13-,16-/m1/s1. The summed E-state index contributed by atoms with van der Waals surface area (Å²) >= 11 is 0. The summed E-state index contributed by atoms with van der Waals surface area (Å²) in [6.45, 7) is 3.98. The minimum atomic E-state index is 0.0157. The number of rotatable bonds is 4. The van der Waals surface area contributed by atoms with E-state index in [0.29, 0.717) is 0 Å². The van der Waals surface area contributed by atoms with Gasteiger partial charge in [0.15, 0.2) is 0 Å². The first-order valence-corrected chi connectivity index (χ1v) is 8.13. The number of fused-ring (bicyclic) bond motifs is 1. The number of carbonyl (C=O) groups excluding carboxylic acids is 1. The number of nitrogens with zero attached hydrogens (tertiary/aromatic N) is 2. The molecule has 3 rings (SSSR count). The Morgan fingerprint density at radius 2 is 2.23 bits per heavy atom. The number of aromatic nitrogens is 2. The average Bonchev–Trinajstić information content (AvgIpc) is 3.01. The van der Waals surface area contributed by atoms with E-state index in [-0.39, 0.29) is 17.9 Å². The molecule has 1 aromatic heterocycles. The Bertz CT molecular complexity index is 662. The summed E-state index contributed by atoms with van der Waals surface area (Å²) in [7, 11) is 0. The van der Waals surface area contributed by atoms with Gasteiger partial charge < -0.3 is 5.32 Å². The molecule has 22 heavy (non-hydrogen) atoms. The number of benzene rings is 1. The van der Waals surface area contributed by atoms with Crippen molar-refractivity contribution in [1.29, 1.82) is 0 Å². The Labute approximate surface area is 131 Å². The molecule has 4 nitrogen and oxygen atoms in total. The van der Waals surface area contributed by atoms with Gasteiger partial charge in [0.25, 0.3) is 0 Å². The van der Waals surface area contributed by atoms with Crippen molar-refractivity contribution in [2.24, 2.45) is 5.92 Å². The average molecular weight is 297 g/mol. The Hall–Kier alpha value is -2.10. The molecule has 1 aliphatic rings. The van der Waals surface area contributed by atoms with Crippen LogP contribution in [0.2, 0.25) is 0 Å². The van der Waals surface area contributed by atoms with Gasteiger partial charge in [0.05, 0.1) is 12.2 Å². The smallest absolute Gasteiger partial charge is 0.228 e. The molecule has 0 saturated heterocycles. The van der Waals surface area contributed by atoms with Gasteiger partial charge in [-0.25, -0.2) is 4.68 Å². The first-order chi connectivity index (χ1) is 10.7. The molecule has 116 valence electrons. The second kappa shape index (κ2) is 6.34. The molecule has 0 fully saturated rings. The number of nitrogens with one attached hydrogen (secondary N) is 1. The van der Waals surface area contributed by atoms with Crippen molar-refractivity contribution in [1.82, 2.24) is 9.78 Å². The highest BCUT2D eigenvalue weighted by atomic mass is 16.2. The second-order valence-corrected chi connectivity index (χ2v) is 6.07. The van der Waals surface area contributed by atoms with Crippen molar-refractivity contribution >= 4 is 11.7 Å². The van der Waals surface area contributed by atoms with Gasteiger partial charge >= 0.3 is 0 Å². The molecule has 1 N–H and O–H groups in total. The molecule has 1 aromatic carbocycles. The lowest BCUT2D eigenvalue weighted by atomic mass is 9.88. The van der Waals surface area contributed by atoms with E-state index in [2.05, 4.69) is 34.7 Å². The van der Waals surface area contributed by atoms with Crippen LogP contribution in [0.3, 0.4) is 0 Å². The van der Waals surface area contributed by atoms with E-state index in [1.54, 1.807) is 6.20 Å². The van der Waals surface area contributed by atoms with Gasteiger partial charge in [-0.15, -0.1) is 0 Å². The zero-order chi connectivity index (χ0) is 15.5. The summed E-state index contributed by atoms with van der Waals surface area (Å²) in [5.41, 5.74) is 2.73. The normalized spacial score (nSPS) is 18.5. The maximum absolute atomic E-state index is 12.2. The SMILES string of the molecule is CC[C@@H](C)C(=O)Nc1ccnn1[C@@H]1CCCc2ccccc21. The largest absolute Gasteiger partial charge is 0.311 e. The van der Waals surface area contributed by atoms with Gasteiger partial charge in [-0.2, -0.15) is 5.10 Å². The zero-order valence-electron chi connectivity index (χ0n) is 13.2. The first-order valence-electron chi connectivity index (χ1n) is 8.13.